The van der Waals surface area contributed by atoms with Gasteiger partial charge in [-0.25, -0.2) is 0 Å². The highest BCUT2D eigenvalue weighted by atomic mass is 35.5. The van der Waals surface area contributed by atoms with Crippen LogP contribution in [-0.4, -0.2) is 18.1 Å². The van der Waals surface area contributed by atoms with Crippen molar-refractivity contribution in [1.29, 1.82) is 0 Å². The largest absolute Gasteiger partial charge is 0.496 e. The quantitative estimate of drug-likeness (QED) is 0.783. The van der Waals surface area contributed by atoms with Crippen molar-refractivity contribution in [2.75, 3.05) is 13.0 Å². The first-order valence-electron chi connectivity index (χ1n) is 6.02. The van der Waals surface area contributed by atoms with E-state index in [-0.39, 0.29) is 0 Å². The molecule has 1 aromatic rings. The van der Waals surface area contributed by atoms with Gasteiger partial charge in [-0.3, -0.25) is 0 Å². The normalized spacial score (nSPS) is 12.8. The van der Waals surface area contributed by atoms with E-state index in [1.807, 2.05) is 18.2 Å². The summed E-state index contributed by atoms with van der Waals surface area (Å²) in [4.78, 5) is 0. The smallest absolute Gasteiger partial charge is 0.122 e. The summed E-state index contributed by atoms with van der Waals surface area (Å²) in [6.07, 6.45) is 1.09. The number of rotatable bonds is 6. The summed E-state index contributed by atoms with van der Waals surface area (Å²) in [6, 6.07) is 5.88. The van der Waals surface area contributed by atoms with Crippen LogP contribution in [0, 0.1) is 0 Å². The predicted octanol–water partition coefficient (Wildman–Crippen LogP) is 3.87. The first kappa shape index (κ1) is 14.3. The van der Waals surface area contributed by atoms with Crippen LogP contribution in [0.5, 0.6) is 5.75 Å². The van der Waals surface area contributed by atoms with E-state index in [1.165, 1.54) is 0 Å². The fourth-order valence-electron chi connectivity index (χ4n) is 1.85. The Labute approximate surface area is 109 Å². The van der Waals surface area contributed by atoms with E-state index in [0.717, 1.165) is 23.3 Å². The van der Waals surface area contributed by atoms with Crippen molar-refractivity contribution >= 4 is 11.6 Å². The SMILES string of the molecule is COc1ccc(C(O)CCCCl)cc1C(C)C. The molecule has 0 saturated carbocycles. The second kappa shape index (κ2) is 6.87. The Kier molecular flexibility index (Phi) is 5.79. The van der Waals surface area contributed by atoms with Gasteiger partial charge in [0.15, 0.2) is 0 Å². The highest BCUT2D eigenvalue weighted by Gasteiger charge is 2.12. The number of hydrogen-bond acceptors (Lipinski definition) is 2. The summed E-state index contributed by atoms with van der Waals surface area (Å²) >= 11 is 5.63. The van der Waals surface area contributed by atoms with E-state index in [9.17, 15) is 5.11 Å². The van der Waals surface area contributed by atoms with Gasteiger partial charge in [0.05, 0.1) is 13.2 Å². The maximum atomic E-state index is 10.0. The van der Waals surface area contributed by atoms with Crippen LogP contribution < -0.4 is 4.74 Å². The molecule has 96 valence electrons. The molecule has 0 heterocycles. The molecule has 1 aromatic carbocycles. The zero-order chi connectivity index (χ0) is 12.8. The zero-order valence-corrected chi connectivity index (χ0v) is 11.5. The number of hydrogen-bond donors (Lipinski definition) is 1. The number of alkyl halides is 1. The molecule has 0 radical (unpaired) electrons. The van der Waals surface area contributed by atoms with Crippen molar-refractivity contribution in [2.45, 2.75) is 38.7 Å². The fraction of sp³-hybridized carbons (Fsp3) is 0.571. The number of aliphatic hydroxyl groups excluding tert-OH is 1. The summed E-state index contributed by atoms with van der Waals surface area (Å²) in [6.45, 7) is 4.24. The Morgan fingerprint density at radius 2 is 2.06 bits per heavy atom. The summed E-state index contributed by atoms with van der Waals surface area (Å²) in [5, 5.41) is 10.0. The topological polar surface area (TPSA) is 29.5 Å². The highest BCUT2D eigenvalue weighted by Crippen LogP contribution is 2.30. The second-order valence-electron chi connectivity index (χ2n) is 4.50. The maximum absolute atomic E-state index is 10.0. The van der Waals surface area contributed by atoms with Crippen LogP contribution in [0.15, 0.2) is 18.2 Å². The molecule has 0 aliphatic rings. The van der Waals surface area contributed by atoms with Gasteiger partial charge in [-0.05, 0) is 42.0 Å². The summed E-state index contributed by atoms with van der Waals surface area (Å²) < 4.78 is 5.32. The van der Waals surface area contributed by atoms with E-state index in [2.05, 4.69) is 13.8 Å². The molecule has 2 nitrogen and oxygen atoms in total. The number of aliphatic hydroxyl groups is 1. The fourth-order valence-corrected chi connectivity index (χ4v) is 2.00. The minimum absolute atomic E-state index is 0.380. The van der Waals surface area contributed by atoms with E-state index in [4.69, 9.17) is 16.3 Å². The lowest BCUT2D eigenvalue weighted by atomic mass is 9.96. The molecule has 1 rings (SSSR count). The number of ether oxygens (including phenoxy) is 1. The van der Waals surface area contributed by atoms with Gasteiger partial charge in [0, 0.05) is 5.88 Å². The number of benzene rings is 1. The van der Waals surface area contributed by atoms with Gasteiger partial charge in [-0.2, -0.15) is 0 Å². The van der Waals surface area contributed by atoms with Gasteiger partial charge in [0.2, 0.25) is 0 Å². The monoisotopic (exact) mass is 256 g/mol. The lowest BCUT2D eigenvalue weighted by molar-refractivity contribution is 0.166. The van der Waals surface area contributed by atoms with Crippen molar-refractivity contribution in [2.24, 2.45) is 0 Å². The van der Waals surface area contributed by atoms with Crippen LogP contribution in [0.1, 0.15) is 49.8 Å². The van der Waals surface area contributed by atoms with Crippen molar-refractivity contribution < 1.29 is 9.84 Å². The van der Waals surface area contributed by atoms with Crippen LogP contribution in [0.3, 0.4) is 0 Å². The van der Waals surface area contributed by atoms with Gasteiger partial charge in [0.25, 0.3) is 0 Å². The van der Waals surface area contributed by atoms with E-state index < -0.39 is 6.10 Å². The van der Waals surface area contributed by atoms with Crippen LogP contribution in [0.2, 0.25) is 0 Å². The molecular formula is C14H21ClO2. The molecule has 0 spiro atoms. The van der Waals surface area contributed by atoms with E-state index in [1.54, 1.807) is 7.11 Å². The molecule has 1 atom stereocenters. The minimum Gasteiger partial charge on any atom is -0.496 e. The zero-order valence-electron chi connectivity index (χ0n) is 10.7. The number of methoxy groups -OCH3 is 1. The van der Waals surface area contributed by atoms with E-state index >= 15 is 0 Å². The molecule has 1 N–H and O–H groups in total. The van der Waals surface area contributed by atoms with Gasteiger partial charge in [-0.1, -0.05) is 19.9 Å². The van der Waals surface area contributed by atoms with Crippen molar-refractivity contribution in [3.8, 4) is 5.75 Å². The summed E-state index contributed by atoms with van der Waals surface area (Å²) in [7, 11) is 1.67. The Morgan fingerprint density at radius 1 is 1.35 bits per heavy atom. The highest BCUT2D eigenvalue weighted by molar-refractivity contribution is 6.17. The van der Waals surface area contributed by atoms with Crippen molar-refractivity contribution in [3.05, 3.63) is 29.3 Å². The van der Waals surface area contributed by atoms with Crippen LogP contribution >= 0.6 is 11.6 Å². The van der Waals surface area contributed by atoms with Crippen molar-refractivity contribution in [3.63, 3.8) is 0 Å². The minimum atomic E-state index is -0.433. The van der Waals surface area contributed by atoms with Gasteiger partial charge < -0.3 is 9.84 Å². The molecule has 0 aliphatic carbocycles. The molecule has 0 bridgehead atoms. The Morgan fingerprint density at radius 3 is 2.59 bits per heavy atom. The van der Waals surface area contributed by atoms with Gasteiger partial charge in [0.1, 0.15) is 5.75 Å². The lowest BCUT2D eigenvalue weighted by Gasteiger charge is -2.16. The second-order valence-corrected chi connectivity index (χ2v) is 4.88. The first-order valence-corrected chi connectivity index (χ1v) is 6.55. The van der Waals surface area contributed by atoms with Crippen LogP contribution in [0.25, 0.3) is 0 Å². The molecule has 0 aliphatic heterocycles. The maximum Gasteiger partial charge on any atom is 0.122 e. The standard InChI is InChI=1S/C14H21ClO2/c1-10(2)12-9-11(6-7-14(12)17-3)13(16)5-4-8-15/h6-7,9-10,13,16H,4-5,8H2,1-3H3. The summed E-state index contributed by atoms with van der Waals surface area (Å²) in [5.74, 6) is 1.85. The average Bonchev–Trinajstić information content (AvgIpc) is 2.34. The van der Waals surface area contributed by atoms with Gasteiger partial charge in [-0.15, -0.1) is 11.6 Å². The van der Waals surface area contributed by atoms with Crippen LogP contribution in [-0.2, 0) is 0 Å². The Balaban J connectivity index is 2.91. The average molecular weight is 257 g/mol. The molecule has 1 unspecified atom stereocenters. The molecular weight excluding hydrogens is 236 g/mol. The molecule has 17 heavy (non-hydrogen) atoms. The van der Waals surface area contributed by atoms with Crippen molar-refractivity contribution in [1.82, 2.24) is 0 Å². The Bertz CT molecular complexity index is 350. The number of halogens is 1. The van der Waals surface area contributed by atoms with Gasteiger partial charge >= 0.3 is 0 Å². The molecule has 0 aromatic heterocycles. The molecule has 3 heteroatoms. The van der Waals surface area contributed by atoms with E-state index in [0.29, 0.717) is 18.2 Å². The summed E-state index contributed by atoms with van der Waals surface area (Å²) in [5.41, 5.74) is 2.08. The molecule has 0 amide bonds. The Hall–Kier alpha value is -0.730. The third-order valence-electron chi connectivity index (χ3n) is 2.87. The third-order valence-corrected chi connectivity index (χ3v) is 3.14. The molecule has 0 fully saturated rings. The predicted molar refractivity (Wildman–Crippen MR) is 72.0 cm³/mol. The first-order chi connectivity index (χ1) is 8.10. The lowest BCUT2D eigenvalue weighted by Crippen LogP contribution is -2.01. The molecule has 0 saturated heterocycles. The van der Waals surface area contributed by atoms with Crippen LogP contribution in [0.4, 0.5) is 0 Å². The third kappa shape index (κ3) is 3.90.